The summed E-state index contributed by atoms with van der Waals surface area (Å²) in [4.78, 5) is 12.6. The Labute approximate surface area is 342 Å². The first-order valence-corrected chi connectivity index (χ1v) is 29.7. The van der Waals surface area contributed by atoms with Gasteiger partial charge in [0.2, 0.25) is 8.32 Å². The Bertz CT molecular complexity index is 1300. The Balaban J connectivity index is 0.00000103. The summed E-state index contributed by atoms with van der Waals surface area (Å²) in [6.45, 7) is 23.0. The van der Waals surface area contributed by atoms with Gasteiger partial charge in [-0.3, -0.25) is 4.79 Å². The molecular weight excluding hydrogens is 848 g/mol. The van der Waals surface area contributed by atoms with Gasteiger partial charge in [0.15, 0.2) is 14.1 Å². The number of benzene rings is 2. The van der Waals surface area contributed by atoms with Crippen LogP contribution in [0.15, 0.2) is 36.4 Å². The molecule has 0 fully saturated rings. The van der Waals surface area contributed by atoms with E-state index in [-0.39, 0.29) is 54.6 Å². The monoisotopic (exact) mass is 899 g/mol. The Morgan fingerprint density at radius 1 is 0.878 bits per heavy atom. The minimum Gasteiger partial charge on any atom is -0.663 e. The number of hydrogen-bond donors (Lipinski definition) is 0. The number of rotatable bonds is 19. The molecule has 2 unspecified atom stereocenters. The van der Waals surface area contributed by atoms with Gasteiger partial charge in [-0.15, -0.1) is 0 Å². The van der Waals surface area contributed by atoms with Crippen molar-refractivity contribution >= 4 is 84.3 Å². The zero-order chi connectivity index (χ0) is 36.8. The molecule has 0 aromatic heterocycles. The maximum absolute atomic E-state index is 12.6. The molecule has 3 radical (unpaired) electrons. The van der Waals surface area contributed by atoms with E-state index in [9.17, 15) is 4.79 Å². The largest absolute Gasteiger partial charge is 0.663 e. The zero-order valence-electron chi connectivity index (χ0n) is 30.7. The van der Waals surface area contributed by atoms with Crippen molar-refractivity contribution in [3.05, 3.63) is 65.5 Å². The van der Waals surface area contributed by atoms with Gasteiger partial charge in [-0.2, -0.15) is 13.2 Å². The van der Waals surface area contributed by atoms with Gasteiger partial charge in [-0.1, -0.05) is 61.5 Å². The molecule has 0 saturated heterocycles. The van der Waals surface area contributed by atoms with Gasteiger partial charge in [0, 0.05) is 55.9 Å². The molecule has 0 aliphatic carbocycles. The van der Waals surface area contributed by atoms with Crippen molar-refractivity contribution in [1.29, 1.82) is 0 Å². The first-order valence-electron chi connectivity index (χ1n) is 15.9. The third-order valence-corrected chi connectivity index (χ3v) is 22.7. The van der Waals surface area contributed by atoms with Crippen molar-refractivity contribution < 1.29 is 68.5 Å². The average Bonchev–Trinajstić information content (AvgIpc) is 3.00. The fraction of sp³-hybridized carbons (Fsp3) is 0.531. The second kappa shape index (κ2) is 23.2. The predicted octanol–water partition coefficient (Wildman–Crippen LogP) is 10.9. The number of halogens is 3. The van der Waals surface area contributed by atoms with Crippen LogP contribution in [-0.4, -0.2) is 62.8 Å². The van der Waals surface area contributed by atoms with Crippen LogP contribution >= 0.6 is 34.8 Å². The molecule has 8 nitrogen and oxygen atoms in total. The van der Waals surface area contributed by atoms with Gasteiger partial charge < -0.3 is 37.9 Å². The Hall–Kier alpha value is 0.408. The van der Waals surface area contributed by atoms with Gasteiger partial charge in [0.1, 0.15) is 26.0 Å². The maximum Gasteiger partial charge on any atom is 0.411 e. The van der Waals surface area contributed by atoms with Crippen molar-refractivity contribution in [2.45, 2.75) is 90.7 Å². The van der Waals surface area contributed by atoms with Crippen LogP contribution in [0.25, 0.3) is 0 Å². The third-order valence-electron chi connectivity index (χ3n) is 7.11. The molecule has 2 aromatic rings. The van der Waals surface area contributed by atoms with E-state index in [1.54, 1.807) is 43.5 Å². The van der Waals surface area contributed by atoms with Crippen molar-refractivity contribution in [1.82, 2.24) is 0 Å². The van der Waals surface area contributed by atoms with Crippen LogP contribution < -0.4 is 9.47 Å². The molecule has 0 saturated carbocycles. The average molecular weight is 901 g/mol. The van der Waals surface area contributed by atoms with Crippen LogP contribution in [0.4, 0.5) is 0 Å². The Morgan fingerprint density at radius 2 is 1.47 bits per heavy atom. The van der Waals surface area contributed by atoms with E-state index < -0.39 is 33.5 Å². The van der Waals surface area contributed by atoms with Gasteiger partial charge in [-0.25, -0.2) is 0 Å². The Morgan fingerprint density at radius 3 is 2.00 bits per heavy atom. The number of hydrogen-bond acceptors (Lipinski definition) is 8. The second-order valence-electron chi connectivity index (χ2n) is 13.5. The summed E-state index contributed by atoms with van der Waals surface area (Å²) >= 11 is 17.7. The van der Waals surface area contributed by atoms with Gasteiger partial charge >= 0.3 is 24.5 Å². The molecule has 0 bridgehead atoms. The van der Waals surface area contributed by atoms with Crippen LogP contribution in [0.3, 0.4) is 0 Å². The zero-order valence-corrected chi connectivity index (χ0v) is 40.8. The van der Waals surface area contributed by atoms with E-state index in [0.717, 1.165) is 12.1 Å². The predicted molar refractivity (Wildman–Crippen MR) is 209 cm³/mol. The molecule has 0 amide bonds. The summed E-state index contributed by atoms with van der Waals surface area (Å²) in [5.74, 6) is 0.872. The topological polar surface area (TPSA) is 81.7 Å². The van der Waals surface area contributed by atoms with Crippen LogP contribution in [0.1, 0.15) is 26.7 Å². The van der Waals surface area contributed by atoms with Crippen molar-refractivity contribution in [2.24, 2.45) is 5.92 Å². The molecule has 2 aromatic carbocycles. The van der Waals surface area contributed by atoms with Crippen molar-refractivity contribution in [3.8, 4) is 17.2 Å². The van der Waals surface area contributed by atoms with Gasteiger partial charge in [0.25, 0.3) is 0 Å². The van der Waals surface area contributed by atoms with Crippen LogP contribution in [0, 0.1) is 20.0 Å². The minimum atomic E-state index is -2.51. The number of esters is 1. The van der Waals surface area contributed by atoms with Crippen LogP contribution in [0.2, 0.25) is 79.0 Å². The molecule has 0 N–H and O–H groups in total. The first kappa shape index (κ1) is 49.4. The quantitative estimate of drug-likeness (QED) is 0.0783. The van der Waals surface area contributed by atoms with E-state index in [1.807, 2.05) is 13.5 Å². The molecule has 0 aliphatic rings. The van der Waals surface area contributed by atoms with Crippen molar-refractivity contribution in [3.63, 3.8) is 0 Å². The molecule has 49 heavy (non-hydrogen) atoms. The number of ether oxygens (including phenoxy) is 3. The summed E-state index contributed by atoms with van der Waals surface area (Å²) in [5.41, 5.74) is 0. The van der Waals surface area contributed by atoms with Gasteiger partial charge in [0.05, 0.1) is 10.9 Å². The van der Waals surface area contributed by atoms with E-state index in [0.29, 0.717) is 44.6 Å². The molecule has 2 atom stereocenters. The normalized spacial score (nSPS) is 13.7. The molecule has 275 valence electrons. The summed E-state index contributed by atoms with van der Waals surface area (Å²) in [7, 11) is -3.15. The van der Waals surface area contributed by atoms with E-state index in [4.69, 9.17) is 65.8 Å². The minimum absolute atomic E-state index is 0. The molecular formula is C32H53Cl3O8Si5Y-2. The van der Waals surface area contributed by atoms with Gasteiger partial charge in [-0.05, 0) is 88.3 Å². The first-order chi connectivity index (χ1) is 22.2. The molecule has 0 aliphatic heterocycles. The van der Waals surface area contributed by atoms with E-state index >= 15 is 0 Å². The Kier molecular flexibility index (Phi) is 23.4. The van der Waals surface area contributed by atoms with Crippen LogP contribution in [0.5, 0.6) is 17.2 Å². The third kappa shape index (κ3) is 19.9. The summed E-state index contributed by atoms with van der Waals surface area (Å²) in [6.07, 6.45) is 2.76. The number of carbonyl (C=O) groups is 1. The fourth-order valence-corrected chi connectivity index (χ4v) is 17.9. The standard InChI is InChI=1S/C19H45O6Si5.C13H8Cl3O2.Y/c1-12-14-15-28(7,8)25-29(9,10)17-22-19(20)18(3)16-30(11,21-4)24-26-23-27(5,6)13-2;1-17-13-7-9(15)3-5-12(13)18-11-4-2-8(14)6-10(11)16;/h18H,2,12-17H2,1,3-11H3;2-7H,1H2;/q2*-1;. The maximum atomic E-state index is 12.6. The fourth-order valence-electron chi connectivity index (χ4n) is 4.25. The molecule has 2 rings (SSSR count). The van der Waals surface area contributed by atoms with E-state index in [2.05, 4.69) is 60.2 Å². The SMILES string of the molecule is [CH2-]C[Si](C)(C)O[Si]O[Si](C)(CC(C)C(=O)OC[Si](C)(C)O[Si](C)(C)CCCC)OC.[CH2-]Oc1cc(Cl)ccc1Oc1ccc(Cl)cc1Cl.[Y]. The smallest absolute Gasteiger partial charge is 0.411 e. The second-order valence-corrected chi connectivity index (χ2v) is 32.3. The summed E-state index contributed by atoms with van der Waals surface area (Å²) in [6, 6.07) is 12.4. The van der Waals surface area contributed by atoms with Crippen molar-refractivity contribution in [2.75, 3.05) is 13.3 Å². The summed E-state index contributed by atoms with van der Waals surface area (Å²) < 4.78 is 40.3. The molecule has 0 heterocycles. The van der Waals surface area contributed by atoms with E-state index in [1.165, 1.54) is 12.8 Å². The number of carbonyl (C=O) groups excluding carboxylic acids is 1. The van der Waals surface area contributed by atoms with Crippen LogP contribution in [-0.2, 0) is 59.0 Å². The summed E-state index contributed by atoms with van der Waals surface area (Å²) in [5, 5.41) is 1.48. The molecule has 0 spiro atoms. The number of unbranched alkanes of at least 4 members (excludes halogenated alkanes) is 1. The molecule has 17 heteroatoms.